The quantitative estimate of drug-likeness (QED) is 0.516. The molecule has 1 heterocycles. The van der Waals surface area contributed by atoms with Crippen LogP contribution in [0, 0.1) is 0 Å². The van der Waals surface area contributed by atoms with Gasteiger partial charge in [-0.1, -0.05) is 48.2 Å². The fourth-order valence-corrected chi connectivity index (χ4v) is 3.58. The van der Waals surface area contributed by atoms with Gasteiger partial charge in [0.05, 0.1) is 10.7 Å². The Bertz CT molecular complexity index is 710. The molecule has 2 aromatic rings. The maximum Gasteiger partial charge on any atom is 0.188 e. The Kier molecular flexibility index (Phi) is 4.08. The number of thioether (sulfide) groups is 1. The maximum absolute atomic E-state index is 12.3. The van der Waals surface area contributed by atoms with Gasteiger partial charge in [-0.2, -0.15) is 12.6 Å². The molecule has 2 nitrogen and oxygen atoms in total. The first-order chi connectivity index (χ1) is 10.2. The molecule has 1 aliphatic heterocycles. The van der Waals surface area contributed by atoms with Crippen LogP contribution in [0.3, 0.4) is 0 Å². The van der Waals surface area contributed by atoms with Crippen LogP contribution >= 0.6 is 24.4 Å². The number of carbonyl (C=O) groups is 1. The molecule has 0 atom stereocenters. The summed E-state index contributed by atoms with van der Waals surface area (Å²) in [5.74, 6) is 0.756. The second kappa shape index (κ2) is 6.00. The molecule has 0 unspecified atom stereocenters. The van der Waals surface area contributed by atoms with E-state index in [1.165, 1.54) is 10.5 Å². The number of hydrogen-bond donors (Lipinski definition) is 1. The fourth-order valence-electron chi connectivity index (χ4n) is 2.24. The molecule has 0 saturated carbocycles. The summed E-state index contributed by atoms with van der Waals surface area (Å²) >= 11 is 5.94. The third-order valence-electron chi connectivity index (χ3n) is 3.43. The summed E-state index contributed by atoms with van der Waals surface area (Å²) in [5.41, 5.74) is 3.04. The molecule has 0 N–H and O–H groups in total. The SMILES string of the molecule is CN1/C(=C\C(=O)c2ccccc2)Sc2cc(CS)ccc21. The molecule has 2 aromatic carbocycles. The van der Waals surface area contributed by atoms with E-state index in [4.69, 9.17) is 0 Å². The van der Waals surface area contributed by atoms with E-state index >= 15 is 0 Å². The Morgan fingerprint density at radius 1 is 1.24 bits per heavy atom. The first-order valence-electron chi connectivity index (χ1n) is 6.65. The highest BCUT2D eigenvalue weighted by Gasteiger charge is 2.23. The number of hydrogen-bond acceptors (Lipinski definition) is 4. The summed E-state index contributed by atoms with van der Waals surface area (Å²) in [4.78, 5) is 15.5. The highest BCUT2D eigenvalue weighted by atomic mass is 32.2. The van der Waals surface area contributed by atoms with E-state index in [9.17, 15) is 4.79 Å². The van der Waals surface area contributed by atoms with Gasteiger partial charge < -0.3 is 4.90 Å². The molecule has 3 rings (SSSR count). The van der Waals surface area contributed by atoms with Crippen molar-refractivity contribution in [2.45, 2.75) is 10.6 Å². The normalized spacial score (nSPS) is 15.3. The van der Waals surface area contributed by atoms with E-state index in [-0.39, 0.29) is 5.78 Å². The predicted octanol–water partition coefficient (Wildman–Crippen LogP) is 4.38. The number of ketones is 1. The van der Waals surface area contributed by atoms with Gasteiger partial charge in [-0.05, 0) is 17.7 Å². The van der Waals surface area contributed by atoms with Crippen molar-refractivity contribution in [3.8, 4) is 0 Å². The van der Waals surface area contributed by atoms with E-state index in [0.29, 0.717) is 5.56 Å². The number of carbonyl (C=O) groups excluding carboxylic acids is 1. The summed E-state index contributed by atoms with van der Waals surface area (Å²) in [5, 5.41) is 0.954. The van der Waals surface area contributed by atoms with Crippen LogP contribution in [-0.2, 0) is 5.75 Å². The molecule has 0 spiro atoms. The van der Waals surface area contributed by atoms with Gasteiger partial charge in [-0.25, -0.2) is 0 Å². The zero-order valence-electron chi connectivity index (χ0n) is 11.6. The average Bonchev–Trinajstić information content (AvgIpc) is 2.83. The minimum absolute atomic E-state index is 0.0344. The molecule has 0 amide bonds. The van der Waals surface area contributed by atoms with Crippen molar-refractivity contribution in [3.05, 3.63) is 70.8 Å². The molecule has 0 bridgehead atoms. The van der Waals surface area contributed by atoms with Crippen LogP contribution in [0.5, 0.6) is 0 Å². The molecule has 0 aromatic heterocycles. The Hall–Kier alpha value is -1.65. The smallest absolute Gasteiger partial charge is 0.188 e. The molecule has 1 aliphatic rings. The molecule has 106 valence electrons. The van der Waals surface area contributed by atoms with E-state index in [1.54, 1.807) is 17.8 Å². The van der Waals surface area contributed by atoms with E-state index < -0.39 is 0 Å². The number of nitrogens with zero attached hydrogens (tertiary/aromatic N) is 1. The Morgan fingerprint density at radius 2 is 2.00 bits per heavy atom. The number of benzene rings is 2. The maximum atomic E-state index is 12.3. The van der Waals surface area contributed by atoms with Crippen LogP contribution in [-0.4, -0.2) is 12.8 Å². The van der Waals surface area contributed by atoms with Crippen molar-refractivity contribution in [1.82, 2.24) is 0 Å². The van der Waals surface area contributed by atoms with Crippen molar-refractivity contribution in [2.24, 2.45) is 0 Å². The standard InChI is InChI=1S/C17H15NOS2/c1-18-14-8-7-12(11-20)9-16(14)21-17(18)10-15(19)13-5-3-2-4-6-13/h2-10,20H,11H2,1H3/b17-10+. The van der Waals surface area contributed by atoms with Crippen LogP contribution in [0.1, 0.15) is 15.9 Å². The Balaban J connectivity index is 1.88. The van der Waals surface area contributed by atoms with Crippen LogP contribution in [0.4, 0.5) is 5.69 Å². The molecule has 21 heavy (non-hydrogen) atoms. The van der Waals surface area contributed by atoms with Gasteiger partial charge in [-0.15, -0.1) is 0 Å². The Labute approximate surface area is 134 Å². The molecule has 0 radical (unpaired) electrons. The minimum Gasteiger partial charge on any atom is -0.338 e. The summed E-state index contributed by atoms with van der Waals surface area (Å²) in [7, 11) is 1.99. The monoisotopic (exact) mass is 313 g/mol. The largest absolute Gasteiger partial charge is 0.338 e. The predicted molar refractivity (Wildman–Crippen MR) is 92.2 cm³/mol. The fraction of sp³-hybridized carbons (Fsp3) is 0.118. The number of fused-ring (bicyclic) bond motifs is 1. The van der Waals surface area contributed by atoms with Gasteiger partial charge in [0.25, 0.3) is 0 Å². The second-order valence-electron chi connectivity index (χ2n) is 4.83. The van der Waals surface area contributed by atoms with Gasteiger partial charge in [0.1, 0.15) is 0 Å². The minimum atomic E-state index is 0.0344. The third-order valence-corrected chi connectivity index (χ3v) is 4.94. The summed E-state index contributed by atoms with van der Waals surface area (Å²) in [6.07, 6.45) is 1.71. The highest BCUT2D eigenvalue weighted by molar-refractivity contribution is 8.03. The highest BCUT2D eigenvalue weighted by Crippen LogP contribution is 2.45. The first kappa shape index (κ1) is 14.3. The van der Waals surface area contributed by atoms with Gasteiger partial charge in [0.2, 0.25) is 0 Å². The zero-order chi connectivity index (χ0) is 14.8. The molecule has 0 fully saturated rings. The van der Waals surface area contributed by atoms with Gasteiger partial charge in [-0.3, -0.25) is 4.79 Å². The second-order valence-corrected chi connectivity index (χ2v) is 6.21. The first-order valence-corrected chi connectivity index (χ1v) is 8.10. The number of anilines is 1. The van der Waals surface area contributed by atoms with Crippen molar-refractivity contribution in [2.75, 3.05) is 11.9 Å². The van der Waals surface area contributed by atoms with E-state index in [2.05, 4.69) is 35.7 Å². The zero-order valence-corrected chi connectivity index (χ0v) is 13.3. The summed E-state index contributed by atoms with van der Waals surface area (Å²) in [6.45, 7) is 0. The average molecular weight is 313 g/mol. The van der Waals surface area contributed by atoms with Crippen molar-refractivity contribution >= 4 is 35.9 Å². The molecular weight excluding hydrogens is 298 g/mol. The number of allylic oxidation sites excluding steroid dienone is 1. The van der Waals surface area contributed by atoms with Crippen molar-refractivity contribution in [3.63, 3.8) is 0 Å². The lowest BCUT2D eigenvalue weighted by atomic mass is 10.1. The van der Waals surface area contributed by atoms with Crippen LogP contribution < -0.4 is 4.90 Å². The molecule has 0 aliphatic carbocycles. The lowest BCUT2D eigenvalue weighted by Crippen LogP contribution is -2.11. The van der Waals surface area contributed by atoms with Crippen LogP contribution in [0.2, 0.25) is 0 Å². The van der Waals surface area contributed by atoms with Crippen molar-refractivity contribution in [1.29, 1.82) is 0 Å². The van der Waals surface area contributed by atoms with Gasteiger partial charge in [0, 0.05) is 29.3 Å². The van der Waals surface area contributed by atoms with Crippen LogP contribution in [0.25, 0.3) is 0 Å². The van der Waals surface area contributed by atoms with Gasteiger partial charge >= 0.3 is 0 Å². The van der Waals surface area contributed by atoms with Gasteiger partial charge in [0.15, 0.2) is 5.78 Å². The Morgan fingerprint density at radius 3 is 2.71 bits per heavy atom. The number of thiol groups is 1. The molecular formula is C17H15NOS2. The molecule has 0 saturated heterocycles. The van der Waals surface area contributed by atoms with E-state index in [0.717, 1.165) is 16.5 Å². The lowest BCUT2D eigenvalue weighted by molar-refractivity contribution is 0.104. The lowest BCUT2D eigenvalue weighted by Gasteiger charge is -2.13. The summed E-state index contributed by atoms with van der Waals surface area (Å²) in [6, 6.07) is 15.6. The number of rotatable bonds is 3. The molecule has 4 heteroatoms. The topological polar surface area (TPSA) is 20.3 Å². The van der Waals surface area contributed by atoms with Crippen LogP contribution in [0.15, 0.2) is 64.5 Å². The van der Waals surface area contributed by atoms with Crippen molar-refractivity contribution < 1.29 is 4.79 Å². The third kappa shape index (κ3) is 2.87. The van der Waals surface area contributed by atoms with E-state index in [1.807, 2.05) is 37.4 Å². The summed E-state index contributed by atoms with van der Waals surface area (Å²) < 4.78 is 0.